The number of hydrogen-bond acceptors (Lipinski definition) is 3. The van der Waals surface area contributed by atoms with Gasteiger partial charge in [0.1, 0.15) is 12.4 Å². The molecule has 0 aliphatic rings. The predicted molar refractivity (Wildman–Crippen MR) is 81.5 cm³/mol. The van der Waals surface area contributed by atoms with Crippen molar-refractivity contribution in [2.75, 3.05) is 20.2 Å². The molecule has 0 saturated heterocycles. The Hall–Kier alpha value is -1.81. The zero-order valence-electron chi connectivity index (χ0n) is 12.2. The molecule has 0 heterocycles. The number of nitrogens with two attached hydrogens (primary N) is 1. The lowest BCUT2D eigenvalue weighted by molar-refractivity contribution is -0.130. The van der Waals surface area contributed by atoms with Gasteiger partial charge < -0.3 is 15.4 Å². The monoisotopic (exact) mass is 276 g/mol. The predicted octanol–water partition coefficient (Wildman–Crippen LogP) is 2.34. The Kier molecular flexibility index (Phi) is 7.43. The normalized spacial score (nSPS) is 10.1. The summed E-state index contributed by atoms with van der Waals surface area (Å²) in [5.41, 5.74) is 6.51. The highest BCUT2D eigenvalue weighted by molar-refractivity contribution is 5.75. The summed E-state index contributed by atoms with van der Waals surface area (Å²) in [6.07, 6.45) is 4.03. The van der Waals surface area contributed by atoms with Crippen LogP contribution in [-0.4, -0.2) is 31.0 Å². The van der Waals surface area contributed by atoms with E-state index in [1.165, 1.54) is 0 Å². The van der Waals surface area contributed by atoms with E-state index in [0.717, 1.165) is 24.2 Å². The Bertz CT molecular complexity index is 415. The van der Waals surface area contributed by atoms with Crippen LogP contribution in [0.25, 0.3) is 0 Å². The SMILES string of the molecule is C=CCOc1ccc(CN(C)C(=O)CCCCN)cc1. The van der Waals surface area contributed by atoms with Gasteiger partial charge in [-0.15, -0.1) is 0 Å². The molecule has 110 valence electrons. The summed E-state index contributed by atoms with van der Waals surface area (Å²) in [4.78, 5) is 13.6. The van der Waals surface area contributed by atoms with Gasteiger partial charge in [-0.25, -0.2) is 0 Å². The van der Waals surface area contributed by atoms with Gasteiger partial charge in [0.15, 0.2) is 0 Å². The van der Waals surface area contributed by atoms with Crippen LogP contribution in [0, 0.1) is 0 Å². The standard InChI is InChI=1S/C16H24N2O2/c1-3-12-20-15-9-7-14(8-10-15)13-18(2)16(19)6-4-5-11-17/h3,7-10H,1,4-6,11-13,17H2,2H3. The number of hydrogen-bond donors (Lipinski definition) is 1. The van der Waals surface area contributed by atoms with Crippen molar-refractivity contribution in [3.63, 3.8) is 0 Å². The molecule has 1 amide bonds. The molecule has 4 heteroatoms. The molecule has 1 aromatic rings. The summed E-state index contributed by atoms with van der Waals surface area (Å²) in [7, 11) is 1.83. The average Bonchev–Trinajstić information content (AvgIpc) is 2.46. The van der Waals surface area contributed by atoms with Gasteiger partial charge in [-0.3, -0.25) is 4.79 Å². The zero-order valence-corrected chi connectivity index (χ0v) is 12.2. The van der Waals surface area contributed by atoms with Gasteiger partial charge in [-0.2, -0.15) is 0 Å². The summed E-state index contributed by atoms with van der Waals surface area (Å²) >= 11 is 0. The van der Waals surface area contributed by atoms with E-state index in [0.29, 0.717) is 26.1 Å². The fraction of sp³-hybridized carbons (Fsp3) is 0.438. The van der Waals surface area contributed by atoms with Gasteiger partial charge in [0.05, 0.1) is 0 Å². The molecule has 0 aromatic heterocycles. The highest BCUT2D eigenvalue weighted by Gasteiger charge is 2.08. The van der Waals surface area contributed by atoms with E-state index in [2.05, 4.69) is 6.58 Å². The van der Waals surface area contributed by atoms with E-state index in [-0.39, 0.29) is 5.91 Å². The quantitative estimate of drug-likeness (QED) is 0.556. The van der Waals surface area contributed by atoms with E-state index in [9.17, 15) is 4.79 Å². The summed E-state index contributed by atoms with van der Waals surface area (Å²) < 4.78 is 5.42. The van der Waals surface area contributed by atoms with Crippen molar-refractivity contribution in [3.8, 4) is 5.75 Å². The Morgan fingerprint density at radius 3 is 2.65 bits per heavy atom. The maximum absolute atomic E-state index is 11.9. The molecule has 0 fully saturated rings. The number of carbonyl (C=O) groups excluding carboxylic acids is 1. The highest BCUT2D eigenvalue weighted by atomic mass is 16.5. The molecule has 2 N–H and O–H groups in total. The largest absolute Gasteiger partial charge is 0.490 e. The second-order valence-corrected chi connectivity index (χ2v) is 4.74. The number of amides is 1. The smallest absolute Gasteiger partial charge is 0.222 e. The second kappa shape index (κ2) is 9.15. The van der Waals surface area contributed by atoms with Crippen LogP contribution in [-0.2, 0) is 11.3 Å². The third kappa shape index (κ3) is 5.89. The van der Waals surface area contributed by atoms with Crippen LogP contribution in [0.15, 0.2) is 36.9 Å². The summed E-state index contributed by atoms with van der Waals surface area (Å²) in [5.74, 6) is 0.969. The van der Waals surface area contributed by atoms with Crippen molar-refractivity contribution >= 4 is 5.91 Å². The molecule has 0 aliphatic carbocycles. The lowest BCUT2D eigenvalue weighted by Gasteiger charge is -2.17. The molecule has 0 spiro atoms. The minimum atomic E-state index is 0.158. The van der Waals surface area contributed by atoms with Crippen LogP contribution in [0.4, 0.5) is 0 Å². The molecule has 0 saturated carbocycles. The third-order valence-corrected chi connectivity index (χ3v) is 2.98. The number of unbranched alkanes of at least 4 members (excludes halogenated alkanes) is 1. The topological polar surface area (TPSA) is 55.6 Å². The molecule has 1 aromatic carbocycles. The molecular weight excluding hydrogens is 252 g/mol. The van der Waals surface area contributed by atoms with Crippen LogP contribution in [0.2, 0.25) is 0 Å². The van der Waals surface area contributed by atoms with Gasteiger partial charge in [-0.1, -0.05) is 24.8 Å². The Labute approximate surface area is 121 Å². The first-order chi connectivity index (χ1) is 9.67. The molecule has 0 radical (unpaired) electrons. The van der Waals surface area contributed by atoms with E-state index in [4.69, 9.17) is 10.5 Å². The Morgan fingerprint density at radius 1 is 1.35 bits per heavy atom. The lowest BCUT2D eigenvalue weighted by Crippen LogP contribution is -2.26. The van der Waals surface area contributed by atoms with E-state index in [1.807, 2.05) is 31.3 Å². The van der Waals surface area contributed by atoms with Crippen molar-refractivity contribution in [1.82, 2.24) is 4.90 Å². The number of ether oxygens (including phenoxy) is 1. The zero-order chi connectivity index (χ0) is 14.8. The molecule has 0 atom stereocenters. The van der Waals surface area contributed by atoms with Crippen molar-refractivity contribution in [2.24, 2.45) is 5.73 Å². The van der Waals surface area contributed by atoms with Crippen LogP contribution >= 0.6 is 0 Å². The van der Waals surface area contributed by atoms with Crippen LogP contribution in [0.1, 0.15) is 24.8 Å². The van der Waals surface area contributed by atoms with Crippen molar-refractivity contribution < 1.29 is 9.53 Å². The van der Waals surface area contributed by atoms with E-state index in [1.54, 1.807) is 11.0 Å². The molecule has 0 unspecified atom stereocenters. The molecule has 0 aliphatic heterocycles. The van der Waals surface area contributed by atoms with Gasteiger partial charge >= 0.3 is 0 Å². The minimum Gasteiger partial charge on any atom is -0.490 e. The molecular formula is C16H24N2O2. The van der Waals surface area contributed by atoms with Crippen LogP contribution in [0.5, 0.6) is 5.75 Å². The minimum absolute atomic E-state index is 0.158. The van der Waals surface area contributed by atoms with Crippen LogP contribution in [0.3, 0.4) is 0 Å². The Morgan fingerprint density at radius 2 is 2.05 bits per heavy atom. The lowest BCUT2D eigenvalue weighted by atomic mass is 10.2. The van der Waals surface area contributed by atoms with Gasteiger partial charge in [0.2, 0.25) is 5.91 Å². The maximum Gasteiger partial charge on any atom is 0.222 e. The number of nitrogens with zero attached hydrogens (tertiary/aromatic N) is 1. The van der Waals surface area contributed by atoms with Crippen LogP contribution < -0.4 is 10.5 Å². The molecule has 4 nitrogen and oxygen atoms in total. The number of rotatable bonds is 9. The highest BCUT2D eigenvalue weighted by Crippen LogP contribution is 2.14. The average molecular weight is 276 g/mol. The van der Waals surface area contributed by atoms with Gasteiger partial charge in [0.25, 0.3) is 0 Å². The maximum atomic E-state index is 11.9. The number of benzene rings is 1. The van der Waals surface area contributed by atoms with E-state index >= 15 is 0 Å². The van der Waals surface area contributed by atoms with E-state index < -0.39 is 0 Å². The first-order valence-electron chi connectivity index (χ1n) is 6.94. The first kappa shape index (κ1) is 16.2. The summed E-state index contributed by atoms with van der Waals surface area (Å²) in [5, 5.41) is 0. The van der Waals surface area contributed by atoms with Crippen molar-refractivity contribution in [1.29, 1.82) is 0 Å². The molecule has 1 rings (SSSR count). The Balaban J connectivity index is 2.42. The first-order valence-corrected chi connectivity index (χ1v) is 6.94. The summed E-state index contributed by atoms with van der Waals surface area (Å²) in [6, 6.07) is 7.77. The van der Waals surface area contributed by atoms with Crippen molar-refractivity contribution in [3.05, 3.63) is 42.5 Å². The fourth-order valence-corrected chi connectivity index (χ4v) is 1.82. The second-order valence-electron chi connectivity index (χ2n) is 4.74. The molecule has 0 bridgehead atoms. The van der Waals surface area contributed by atoms with Crippen molar-refractivity contribution in [2.45, 2.75) is 25.8 Å². The molecule has 20 heavy (non-hydrogen) atoms. The third-order valence-electron chi connectivity index (χ3n) is 2.98. The fourth-order valence-electron chi connectivity index (χ4n) is 1.82. The van der Waals surface area contributed by atoms with Gasteiger partial charge in [-0.05, 0) is 37.1 Å². The van der Waals surface area contributed by atoms with Gasteiger partial charge in [0, 0.05) is 20.0 Å². The number of carbonyl (C=O) groups is 1. The summed E-state index contributed by atoms with van der Waals surface area (Å²) in [6.45, 7) is 5.36.